The molecule has 2 heteroatoms. The number of nitrogens with two attached hydrogens (primary N) is 1. The van der Waals surface area contributed by atoms with Gasteiger partial charge in [-0.05, 0) is 32.1 Å². The molecular formula is C14H23N2+. The third-order valence-corrected chi connectivity index (χ3v) is 4.84. The van der Waals surface area contributed by atoms with Crippen molar-refractivity contribution in [2.75, 3.05) is 7.05 Å². The number of allylic oxidation sites excluding steroid dienone is 1. The molecule has 0 aromatic rings. The van der Waals surface area contributed by atoms with Crippen molar-refractivity contribution in [3.05, 3.63) is 11.3 Å². The van der Waals surface area contributed by atoms with Gasteiger partial charge in [-0.2, -0.15) is 0 Å². The van der Waals surface area contributed by atoms with E-state index in [4.69, 9.17) is 5.73 Å². The van der Waals surface area contributed by atoms with Crippen molar-refractivity contribution in [3.63, 3.8) is 0 Å². The zero-order valence-electron chi connectivity index (χ0n) is 10.3. The highest BCUT2D eigenvalue weighted by molar-refractivity contribution is 5.98. The van der Waals surface area contributed by atoms with Gasteiger partial charge in [-0.25, -0.2) is 4.58 Å². The van der Waals surface area contributed by atoms with E-state index in [0.717, 1.165) is 0 Å². The molecule has 2 nitrogen and oxygen atoms in total. The number of nitrogens with zero attached hydrogens (tertiary/aromatic N) is 1. The molecule has 2 atom stereocenters. The molecule has 2 N–H and O–H groups in total. The van der Waals surface area contributed by atoms with E-state index in [2.05, 4.69) is 11.6 Å². The van der Waals surface area contributed by atoms with Crippen LogP contribution in [0.25, 0.3) is 0 Å². The summed E-state index contributed by atoms with van der Waals surface area (Å²) in [5, 5.41) is 0. The molecule has 3 rings (SSSR count). The predicted molar refractivity (Wildman–Crippen MR) is 66.6 cm³/mol. The van der Waals surface area contributed by atoms with Crippen molar-refractivity contribution in [1.29, 1.82) is 0 Å². The molecule has 1 aliphatic heterocycles. The van der Waals surface area contributed by atoms with Gasteiger partial charge in [0, 0.05) is 24.1 Å². The lowest BCUT2D eigenvalue weighted by Crippen LogP contribution is -2.45. The smallest absolute Gasteiger partial charge is 0.180 e. The molecule has 0 saturated heterocycles. The maximum absolute atomic E-state index is 6.44. The second-order valence-electron chi connectivity index (χ2n) is 5.66. The highest BCUT2D eigenvalue weighted by Crippen LogP contribution is 2.37. The number of hydrogen-bond donors (Lipinski definition) is 1. The van der Waals surface area contributed by atoms with Crippen LogP contribution >= 0.6 is 0 Å². The van der Waals surface area contributed by atoms with Crippen molar-refractivity contribution >= 4 is 5.71 Å². The Kier molecular flexibility index (Phi) is 2.53. The van der Waals surface area contributed by atoms with Crippen molar-refractivity contribution in [3.8, 4) is 0 Å². The van der Waals surface area contributed by atoms with Crippen molar-refractivity contribution < 1.29 is 4.58 Å². The highest BCUT2D eigenvalue weighted by Gasteiger charge is 2.41. The Morgan fingerprint density at radius 3 is 2.69 bits per heavy atom. The first kappa shape index (κ1) is 10.4. The monoisotopic (exact) mass is 219 g/mol. The summed E-state index contributed by atoms with van der Waals surface area (Å²) in [7, 11) is 2.30. The SMILES string of the molecule is C[N+]1=C2CCCCC2=C(N)C2CCCCC21. The van der Waals surface area contributed by atoms with Crippen LogP contribution in [0, 0.1) is 5.92 Å². The lowest BCUT2D eigenvalue weighted by atomic mass is 9.75. The zero-order chi connectivity index (χ0) is 11.1. The van der Waals surface area contributed by atoms with Crippen molar-refractivity contribution in [1.82, 2.24) is 0 Å². The number of hydrogen-bond acceptors (Lipinski definition) is 1. The summed E-state index contributed by atoms with van der Waals surface area (Å²) in [5.74, 6) is 0.663. The average molecular weight is 219 g/mol. The fourth-order valence-electron chi connectivity index (χ4n) is 3.95. The minimum atomic E-state index is 0.663. The van der Waals surface area contributed by atoms with Crippen LogP contribution in [0.15, 0.2) is 11.3 Å². The molecule has 0 aromatic carbocycles. The van der Waals surface area contributed by atoms with Crippen LogP contribution in [0.4, 0.5) is 0 Å². The van der Waals surface area contributed by atoms with Crippen LogP contribution in [0.1, 0.15) is 51.4 Å². The van der Waals surface area contributed by atoms with Gasteiger partial charge in [0.25, 0.3) is 0 Å². The van der Waals surface area contributed by atoms with Gasteiger partial charge in [-0.3, -0.25) is 0 Å². The zero-order valence-corrected chi connectivity index (χ0v) is 10.3. The lowest BCUT2D eigenvalue weighted by molar-refractivity contribution is -0.552. The Balaban J connectivity index is 2.03. The molecule has 0 radical (unpaired) electrons. The topological polar surface area (TPSA) is 29.0 Å². The van der Waals surface area contributed by atoms with E-state index in [1.807, 2.05) is 0 Å². The van der Waals surface area contributed by atoms with Crippen LogP contribution in [-0.2, 0) is 0 Å². The molecule has 0 bridgehead atoms. The quantitative estimate of drug-likeness (QED) is 0.623. The molecule has 88 valence electrons. The first-order valence-electron chi connectivity index (χ1n) is 6.86. The Hall–Kier alpha value is -0.790. The molecule has 3 aliphatic rings. The third-order valence-electron chi connectivity index (χ3n) is 4.84. The fourth-order valence-corrected chi connectivity index (χ4v) is 3.95. The molecule has 0 spiro atoms. The molecular weight excluding hydrogens is 196 g/mol. The normalized spacial score (nSPS) is 34.8. The molecule has 16 heavy (non-hydrogen) atoms. The standard InChI is InChI=1S/C14H22N2/c1-16-12-8-4-2-6-10(12)14(15)11-7-3-5-9-13(11)16/h10,12,15H,2-9H2,1H3/p+1. The summed E-state index contributed by atoms with van der Waals surface area (Å²) in [6.45, 7) is 0. The first-order valence-corrected chi connectivity index (χ1v) is 6.86. The molecule has 1 heterocycles. The van der Waals surface area contributed by atoms with Gasteiger partial charge in [0.15, 0.2) is 11.8 Å². The summed E-state index contributed by atoms with van der Waals surface area (Å²) in [4.78, 5) is 0. The Morgan fingerprint density at radius 2 is 1.81 bits per heavy atom. The maximum Gasteiger partial charge on any atom is 0.180 e. The Bertz CT molecular complexity index is 329. The minimum Gasteiger partial charge on any atom is -0.401 e. The summed E-state index contributed by atoms with van der Waals surface area (Å²) in [5.41, 5.74) is 10.8. The average Bonchev–Trinajstić information content (AvgIpc) is 2.36. The summed E-state index contributed by atoms with van der Waals surface area (Å²) in [6, 6.07) is 0.714. The van der Waals surface area contributed by atoms with Crippen LogP contribution in [0.2, 0.25) is 0 Å². The Morgan fingerprint density at radius 1 is 1.06 bits per heavy atom. The maximum atomic E-state index is 6.44. The van der Waals surface area contributed by atoms with Crippen molar-refractivity contribution in [2.24, 2.45) is 11.7 Å². The molecule has 2 unspecified atom stereocenters. The first-order chi connectivity index (χ1) is 7.79. The summed E-state index contributed by atoms with van der Waals surface area (Å²) in [6.07, 6.45) is 10.6. The van der Waals surface area contributed by atoms with E-state index in [0.29, 0.717) is 12.0 Å². The van der Waals surface area contributed by atoms with Gasteiger partial charge >= 0.3 is 0 Å². The predicted octanol–water partition coefficient (Wildman–Crippen LogP) is 2.43. The van der Waals surface area contributed by atoms with E-state index >= 15 is 0 Å². The van der Waals surface area contributed by atoms with Gasteiger partial charge < -0.3 is 5.73 Å². The molecule has 2 fully saturated rings. The molecule has 2 saturated carbocycles. The second kappa shape index (κ2) is 3.90. The summed E-state index contributed by atoms with van der Waals surface area (Å²) >= 11 is 0. The van der Waals surface area contributed by atoms with E-state index < -0.39 is 0 Å². The van der Waals surface area contributed by atoms with Gasteiger partial charge in [-0.15, -0.1) is 0 Å². The van der Waals surface area contributed by atoms with Gasteiger partial charge in [0.05, 0.1) is 5.92 Å². The lowest BCUT2D eigenvalue weighted by Gasteiger charge is -2.36. The highest BCUT2D eigenvalue weighted by atomic mass is 15.0. The largest absolute Gasteiger partial charge is 0.401 e. The molecule has 0 amide bonds. The number of rotatable bonds is 0. The minimum absolute atomic E-state index is 0.663. The van der Waals surface area contributed by atoms with E-state index in [-0.39, 0.29) is 0 Å². The van der Waals surface area contributed by atoms with Gasteiger partial charge in [-0.1, -0.05) is 6.42 Å². The van der Waals surface area contributed by atoms with E-state index in [1.54, 1.807) is 5.71 Å². The Labute approximate surface area is 98.2 Å². The van der Waals surface area contributed by atoms with Crippen LogP contribution < -0.4 is 5.73 Å². The van der Waals surface area contributed by atoms with Gasteiger partial charge in [0.1, 0.15) is 7.05 Å². The second-order valence-corrected chi connectivity index (χ2v) is 5.66. The van der Waals surface area contributed by atoms with Crippen LogP contribution in [0.3, 0.4) is 0 Å². The van der Waals surface area contributed by atoms with Crippen LogP contribution in [0.5, 0.6) is 0 Å². The summed E-state index contributed by atoms with van der Waals surface area (Å²) < 4.78 is 2.58. The van der Waals surface area contributed by atoms with Crippen LogP contribution in [-0.4, -0.2) is 23.4 Å². The van der Waals surface area contributed by atoms with Crippen molar-refractivity contribution in [2.45, 2.75) is 57.4 Å². The van der Waals surface area contributed by atoms with E-state index in [9.17, 15) is 0 Å². The van der Waals surface area contributed by atoms with E-state index in [1.165, 1.54) is 62.6 Å². The third kappa shape index (κ3) is 1.42. The molecule has 2 aliphatic carbocycles. The van der Waals surface area contributed by atoms with Gasteiger partial charge in [0.2, 0.25) is 0 Å². The number of fused-ring (bicyclic) bond motifs is 2. The fraction of sp³-hybridized carbons (Fsp3) is 0.786. The molecule has 0 aromatic heterocycles.